The zero-order chi connectivity index (χ0) is 7.56. The first-order valence-corrected chi connectivity index (χ1v) is 4.75. The molecule has 3 heteroatoms. The van der Waals surface area contributed by atoms with Crippen molar-refractivity contribution in [2.24, 2.45) is 5.73 Å². The number of rotatable bonds is 1. The molecule has 56 valence electrons. The summed E-state index contributed by atoms with van der Waals surface area (Å²) in [4.78, 5) is 0.958. The third kappa shape index (κ3) is 1.70. The zero-order valence-electron chi connectivity index (χ0n) is 5.96. The molecule has 0 aliphatic heterocycles. The van der Waals surface area contributed by atoms with Gasteiger partial charge in [0, 0.05) is 27.7 Å². The third-order valence-electron chi connectivity index (χ3n) is 1.47. The highest BCUT2D eigenvalue weighted by atomic mass is 32.2. The molecule has 0 amide bonds. The van der Waals surface area contributed by atoms with Crippen molar-refractivity contribution in [2.75, 3.05) is 6.26 Å². The van der Waals surface area contributed by atoms with Crippen LogP contribution in [0.1, 0.15) is 12.8 Å². The Hall–Kier alpha value is -0.570. The van der Waals surface area contributed by atoms with E-state index in [1.165, 1.54) is 0 Å². The quantitative estimate of drug-likeness (QED) is 0.614. The molecule has 0 radical (unpaired) electrons. The molecule has 1 aliphatic rings. The summed E-state index contributed by atoms with van der Waals surface area (Å²) in [7, 11) is -0.832. The van der Waals surface area contributed by atoms with Crippen LogP contribution in [0, 0.1) is 0 Å². The fourth-order valence-corrected chi connectivity index (χ4v) is 1.63. The second kappa shape index (κ2) is 3.01. The van der Waals surface area contributed by atoms with Crippen molar-refractivity contribution >= 4 is 10.8 Å². The first kappa shape index (κ1) is 7.54. The zero-order valence-corrected chi connectivity index (χ0v) is 6.78. The second-order valence-corrected chi connectivity index (χ2v) is 3.74. The summed E-state index contributed by atoms with van der Waals surface area (Å²) in [5.41, 5.74) is 6.26. The van der Waals surface area contributed by atoms with Crippen molar-refractivity contribution in [1.82, 2.24) is 0 Å². The molecule has 1 rings (SSSR count). The van der Waals surface area contributed by atoms with Gasteiger partial charge in [0.25, 0.3) is 0 Å². The second-order valence-electron chi connectivity index (χ2n) is 2.31. The summed E-state index contributed by atoms with van der Waals surface area (Å²) in [5.74, 6) is 0. The Morgan fingerprint density at radius 3 is 2.80 bits per heavy atom. The van der Waals surface area contributed by atoms with Crippen LogP contribution in [0.3, 0.4) is 0 Å². The lowest BCUT2D eigenvalue weighted by atomic mass is 10.1. The predicted octanol–water partition coefficient (Wildman–Crippen LogP) is 0.885. The number of nitrogens with two attached hydrogens (primary N) is 1. The molecule has 0 saturated heterocycles. The van der Waals surface area contributed by atoms with E-state index in [0.717, 1.165) is 23.4 Å². The Morgan fingerprint density at radius 2 is 2.40 bits per heavy atom. The summed E-state index contributed by atoms with van der Waals surface area (Å²) in [6, 6.07) is 0. The van der Waals surface area contributed by atoms with Gasteiger partial charge in [-0.05, 0) is 18.9 Å². The summed E-state index contributed by atoms with van der Waals surface area (Å²) in [5, 5.41) is 0. The molecular weight excluding hydrogens is 146 g/mol. The van der Waals surface area contributed by atoms with Gasteiger partial charge < -0.3 is 5.73 Å². The van der Waals surface area contributed by atoms with Crippen LogP contribution in [0.5, 0.6) is 0 Å². The van der Waals surface area contributed by atoms with Crippen LogP contribution in [-0.2, 0) is 10.8 Å². The van der Waals surface area contributed by atoms with Gasteiger partial charge in [0.1, 0.15) is 0 Å². The maximum Gasteiger partial charge on any atom is 0.0457 e. The van der Waals surface area contributed by atoms with E-state index in [0.29, 0.717) is 0 Å². The lowest BCUT2D eigenvalue weighted by Crippen LogP contribution is -2.02. The maximum absolute atomic E-state index is 10.9. The van der Waals surface area contributed by atoms with Crippen molar-refractivity contribution in [3.63, 3.8) is 0 Å². The lowest BCUT2D eigenvalue weighted by molar-refractivity contribution is 0.688. The van der Waals surface area contributed by atoms with Gasteiger partial charge in [0.2, 0.25) is 0 Å². The largest absolute Gasteiger partial charge is 0.399 e. The molecule has 0 aromatic rings. The monoisotopic (exact) mass is 157 g/mol. The van der Waals surface area contributed by atoms with Crippen molar-refractivity contribution in [2.45, 2.75) is 12.8 Å². The Morgan fingerprint density at radius 1 is 1.70 bits per heavy atom. The van der Waals surface area contributed by atoms with E-state index >= 15 is 0 Å². The summed E-state index contributed by atoms with van der Waals surface area (Å²) < 4.78 is 10.9. The van der Waals surface area contributed by atoms with Crippen LogP contribution in [0.25, 0.3) is 0 Å². The SMILES string of the molecule is CS(=O)C1=CC(N)=CCC1. The highest BCUT2D eigenvalue weighted by molar-refractivity contribution is 7.88. The van der Waals surface area contributed by atoms with Gasteiger partial charge in [0.05, 0.1) is 0 Å². The molecule has 10 heavy (non-hydrogen) atoms. The Bertz CT molecular complexity index is 218. The first-order valence-electron chi connectivity index (χ1n) is 3.20. The van der Waals surface area contributed by atoms with Gasteiger partial charge in [-0.1, -0.05) is 6.08 Å². The normalized spacial score (nSPS) is 21.3. The molecular formula is C7H11NOS. The van der Waals surface area contributed by atoms with Gasteiger partial charge in [-0.3, -0.25) is 4.21 Å². The van der Waals surface area contributed by atoms with Crippen LogP contribution in [0.4, 0.5) is 0 Å². The van der Waals surface area contributed by atoms with Crippen molar-refractivity contribution < 1.29 is 4.21 Å². The van der Waals surface area contributed by atoms with E-state index in [1.807, 2.05) is 6.08 Å². The van der Waals surface area contributed by atoms with E-state index in [9.17, 15) is 4.21 Å². The number of hydrogen-bond donors (Lipinski definition) is 1. The highest BCUT2D eigenvalue weighted by Crippen LogP contribution is 2.16. The molecule has 1 unspecified atom stereocenters. The molecule has 1 aliphatic carbocycles. The summed E-state index contributed by atoms with van der Waals surface area (Å²) in [6.07, 6.45) is 7.27. The highest BCUT2D eigenvalue weighted by Gasteiger charge is 2.05. The van der Waals surface area contributed by atoms with E-state index in [1.54, 1.807) is 12.3 Å². The van der Waals surface area contributed by atoms with E-state index < -0.39 is 10.8 Å². The molecule has 1 atom stereocenters. The van der Waals surface area contributed by atoms with Crippen LogP contribution in [-0.4, -0.2) is 10.5 Å². The minimum atomic E-state index is -0.832. The summed E-state index contributed by atoms with van der Waals surface area (Å²) >= 11 is 0. The molecule has 0 heterocycles. The fraction of sp³-hybridized carbons (Fsp3) is 0.429. The Labute approximate surface area is 63.3 Å². The van der Waals surface area contributed by atoms with Crippen molar-refractivity contribution in [3.05, 3.63) is 22.8 Å². The number of hydrogen-bond acceptors (Lipinski definition) is 2. The van der Waals surface area contributed by atoms with E-state index in [4.69, 9.17) is 5.73 Å². The summed E-state index contributed by atoms with van der Waals surface area (Å²) in [6.45, 7) is 0. The molecule has 0 saturated carbocycles. The Balaban J connectivity index is 2.78. The molecule has 0 aromatic carbocycles. The van der Waals surface area contributed by atoms with Gasteiger partial charge >= 0.3 is 0 Å². The van der Waals surface area contributed by atoms with Gasteiger partial charge in [0.15, 0.2) is 0 Å². The third-order valence-corrected chi connectivity index (χ3v) is 2.53. The smallest absolute Gasteiger partial charge is 0.0457 e. The minimum absolute atomic E-state index is 0.747. The van der Waals surface area contributed by atoms with Crippen LogP contribution in [0.2, 0.25) is 0 Å². The van der Waals surface area contributed by atoms with Crippen LogP contribution < -0.4 is 5.73 Å². The Kier molecular flexibility index (Phi) is 2.27. The molecule has 0 bridgehead atoms. The topological polar surface area (TPSA) is 43.1 Å². The van der Waals surface area contributed by atoms with Gasteiger partial charge in [-0.15, -0.1) is 0 Å². The fourth-order valence-electron chi connectivity index (χ4n) is 0.925. The molecule has 2 nitrogen and oxygen atoms in total. The van der Waals surface area contributed by atoms with Crippen LogP contribution in [0.15, 0.2) is 22.8 Å². The molecule has 0 spiro atoms. The van der Waals surface area contributed by atoms with E-state index in [2.05, 4.69) is 0 Å². The van der Waals surface area contributed by atoms with Gasteiger partial charge in [-0.25, -0.2) is 0 Å². The number of allylic oxidation sites excluding steroid dienone is 3. The van der Waals surface area contributed by atoms with Crippen molar-refractivity contribution in [1.29, 1.82) is 0 Å². The average molecular weight is 157 g/mol. The van der Waals surface area contributed by atoms with E-state index in [-0.39, 0.29) is 0 Å². The standard InChI is InChI=1S/C7H11NOS/c1-10(9)7-4-2-3-6(8)5-7/h3,5H,2,4,8H2,1H3. The van der Waals surface area contributed by atoms with Crippen molar-refractivity contribution in [3.8, 4) is 0 Å². The molecule has 2 N–H and O–H groups in total. The minimum Gasteiger partial charge on any atom is -0.399 e. The van der Waals surface area contributed by atoms with Crippen LogP contribution >= 0.6 is 0 Å². The average Bonchev–Trinajstić information content (AvgIpc) is 1.88. The predicted molar refractivity (Wildman–Crippen MR) is 43.7 cm³/mol. The molecule has 0 fully saturated rings. The maximum atomic E-state index is 10.9. The van der Waals surface area contributed by atoms with Gasteiger partial charge in [-0.2, -0.15) is 0 Å². The first-order chi connectivity index (χ1) is 4.70. The molecule has 0 aromatic heterocycles. The lowest BCUT2D eigenvalue weighted by Gasteiger charge is -2.07.